The van der Waals surface area contributed by atoms with Crippen molar-refractivity contribution in [1.82, 2.24) is 9.03 Å². The average Bonchev–Trinajstić information content (AvgIpc) is 2.27. The van der Waals surface area contributed by atoms with E-state index in [9.17, 15) is 8.42 Å². The highest BCUT2D eigenvalue weighted by molar-refractivity contribution is 7.87. The first kappa shape index (κ1) is 14.9. The molecule has 0 radical (unpaired) electrons. The van der Waals surface area contributed by atoms with Gasteiger partial charge in [0.15, 0.2) is 0 Å². The van der Waals surface area contributed by atoms with Crippen molar-refractivity contribution in [2.24, 2.45) is 17.1 Å². The van der Waals surface area contributed by atoms with Crippen molar-refractivity contribution < 1.29 is 8.42 Å². The molecule has 0 spiro atoms. The maximum Gasteiger partial charge on any atom is 0.279 e. The fourth-order valence-corrected chi connectivity index (χ4v) is 3.39. The van der Waals surface area contributed by atoms with Crippen LogP contribution in [-0.2, 0) is 10.2 Å². The van der Waals surface area contributed by atoms with Gasteiger partial charge in [-0.1, -0.05) is 20.8 Å². The van der Waals surface area contributed by atoms with Crippen LogP contribution in [0, 0.1) is 11.3 Å². The Balaban J connectivity index is 2.56. The first-order chi connectivity index (χ1) is 7.77. The molecule has 0 aromatic carbocycles. The number of nitrogens with zero attached hydrogens (tertiary/aromatic N) is 1. The summed E-state index contributed by atoms with van der Waals surface area (Å²) < 4.78 is 28.3. The molecule has 1 heterocycles. The van der Waals surface area contributed by atoms with E-state index in [4.69, 9.17) is 5.73 Å². The van der Waals surface area contributed by atoms with Gasteiger partial charge in [0.2, 0.25) is 0 Å². The second-order valence-corrected chi connectivity index (χ2v) is 7.56. The lowest BCUT2D eigenvalue weighted by atomic mass is 9.95. The molecule has 1 rings (SSSR count). The van der Waals surface area contributed by atoms with Gasteiger partial charge in [0.05, 0.1) is 0 Å². The van der Waals surface area contributed by atoms with Crippen LogP contribution in [0.5, 0.6) is 0 Å². The molecule has 1 unspecified atom stereocenters. The van der Waals surface area contributed by atoms with Crippen LogP contribution in [0.25, 0.3) is 0 Å². The summed E-state index contributed by atoms with van der Waals surface area (Å²) in [7, 11) is -3.33. The topological polar surface area (TPSA) is 75.4 Å². The van der Waals surface area contributed by atoms with E-state index in [1.54, 1.807) is 4.31 Å². The Kier molecular flexibility index (Phi) is 4.95. The summed E-state index contributed by atoms with van der Waals surface area (Å²) in [5.41, 5.74) is 5.39. The van der Waals surface area contributed by atoms with Gasteiger partial charge in [-0.05, 0) is 30.7 Å². The molecule has 0 aliphatic carbocycles. The predicted molar refractivity (Wildman–Crippen MR) is 69.7 cm³/mol. The smallest absolute Gasteiger partial charge is 0.279 e. The molecule has 1 fully saturated rings. The molecule has 102 valence electrons. The maximum atomic E-state index is 12.1. The minimum atomic E-state index is -3.33. The van der Waals surface area contributed by atoms with Crippen LogP contribution in [-0.4, -0.2) is 38.9 Å². The molecular formula is C11H25N3O2S. The van der Waals surface area contributed by atoms with E-state index >= 15 is 0 Å². The van der Waals surface area contributed by atoms with E-state index in [0.29, 0.717) is 32.1 Å². The molecule has 1 atom stereocenters. The third-order valence-electron chi connectivity index (χ3n) is 3.25. The largest absolute Gasteiger partial charge is 0.330 e. The number of nitrogens with two attached hydrogens (primary N) is 1. The zero-order valence-electron chi connectivity index (χ0n) is 11.1. The van der Waals surface area contributed by atoms with Crippen molar-refractivity contribution in [3.63, 3.8) is 0 Å². The van der Waals surface area contributed by atoms with E-state index in [1.165, 1.54) is 0 Å². The number of hydrogen-bond acceptors (Lipinski definition) is 3. The fraction of sp³-hybridized carbons (Fsp3) is 1.00. The van der Waals surface area contributed by atoms with Crippen LogP contribution < -0.4 is 10.5 Å². The molecule has 0 amide bonds. The van der Waals surface area contributed by atoms with E-state index in [-0.39, 0.29) is 5.41 Å². The second-order valence-electron chi connectivity index (χ2n) is 5.80. The van der Waals surface area contributed by atoms with Crippen molar-refractivity contribution >= 4 is 10.2 Å². The number of piperidine rings is 1. The van der Waals surface area contributed by atoms with Crippen LogP contribution >= 0.6 is 0 Å². The van der Waals surface area contributed by atoms with Crippen molar-refractivity contribution in [3.8, 4) is 0 Å². The van der Waals surface area contributed by atoms with Gasteiger partial charge in [-0.2, -0.15) is 12.7 Å². The Hall–Kier alpha value is -0.170. The summed E-state index contributed by atoms with van der Waals surface area (Å²) in [5, 5.41) is 0. The number of rotatable bonds is 5. The van der Waals surface area contributed by atoms with Crippen LogP contribution in [0.1, 0.15) is 33.6 Å². The lowest BCUT2D eigenvalue weighted by Crippen LogP contribution is -2.48. The molecule has 0 saturated carbocycles. The van der Waals surface area contributed by atoms with Gasteiger partial charge in [-0.3, -0.25) is 0 Å². The van der Waals surface area contributed by atoms with Gasteiger partial charge in [-0.15, -0.1) is 0 Å². The Morgan fingerprint density at radius 3 is 2.65 bits per heavy atom. The first-order valence-electron chi connectivity index (χ1n) is 6.22. The molecule has 5 nitrogen and oxygen atoms in total. The molecule has 0 aromatic rings. The van der Waals surface area contributed by atoms with Crippen molar-refractivity contribution in [2.45, 2.75) is 33.6 Å². The summed E-state index contributed by atoms with van der Waals surface area (Å²) in [6, 6.07) is 0. The van der Waals surface area contributed by atoms with Crippen molar-refractivity contribution in [3.05, 3.63) is 0 Å². The highest BCUT2D eigenvalue weighted by Gasteiger charge is 2.28. The minimum absolute atomic E-state index is 0.200. The molecule has 17 heavy (non-hydrogen) atoms. The monoisotopic (exact) mass is 263 g/mol. The lowest BCUT2D eigenvalue weighted by molar-refractivity contribution is 0.274. The molecule has 1 saturated heterocycles. The minimum Gasteiger partial charge on any atom is -0.330 e. The molecule has 6 heteroatoms. The van der Waals surface area contributed by atoms with Gasteiger partial charge < -0.3 is 5.73 Å². The molecule has 0 aromatic heterocycles. The Morgan fingerprint density at radius 2 is 2.12 bits per heavy atom. The van der Waals surface area contributed by atoms with E-state index in [1.807, 2.05) is 13.8 Å². The van der Waals surface area contributed by atoms with Crippen molar-refractivity contribution in [1.29, 1.82) is 0 Å². The summed E-state index contributed by atoms with van der Waals surface area (Å²) in [5.74, 6) is 0.447. The van der Waals surface area contributed by atoms with Gasteiger partial charge in [-0.25, -0.2) is 4.72 Å². The quantitative estimate of drug-likeness (QED) is 0.760. The van der Waals surface area contributed by atoms with Crippen LogP contribution in [0.2, 0.25) is 0 Å². The number of hydrogen-bond donors (Lipinski definition) is 2. The molecular weight excluding hydrogens is 238 g/mol. The van der Waals surface area contributed by atoms with Crippen LogP contribution in [0.15, 0.2) is 0 Å². The zero-order valence-corrected chi connectivity index (χ0v) is 11.9. The molecule has 1 aliphatic rings. The summed E-state index contributed by atoms with van der Waals surface area (Å²) in [4.78, 5) is 0. The third-order valence-corrected chi connectivity index (χ3v) is 4.77. The van der Waals surface area contributed by atoms with E-state index < -0.39 is 10.2 Å². The molecule has 3 N–H and O–H groups in total. The third kappa shape index (κ3) is 4.54. The normalized spacial score (nSPS) is 23.9. The van der Waals surface area contributed by atoms with E-state index in [0.717, 1.165) is 12.8 Å². The van der Waals surface area contributed by atoms with Crippen molar-refractivity contribution in [2.75, 3.05) is 26.2 Å². The summed E-state index contributed by atoms with van der Waals surface area (Å²) in [6.07, 6.45) is 2.06. The van der Waals surface area contributed by atoms with Crippen LogP contribution in [0.3, 0.4) is 0 Å². The summed E-state index contributed by atoms with van der Waals surface area (Å²) >= 11 is 0. The van der Waals surface area contributed by atoms with Gasteiger partial charge in [0.25, 0.3) is 10.2 Å². The molecule has 1 aliphatic heterocycles. The molecule has 0 bridgehead atoms. The van der Waals surface area contributed by atoms with Gasteiger partial charge in [0.1, 0.15) is 0 Å². The number of nitrogens with one attached hydrogen (secondary N) is 1. The SMILES string of the molecule is CC1CCCN(S(=O)(=O)NCC(C)(C)CN)C1. The second kappa shape index (κ2) is 5.65. The van der Waals surface area contributed by atoms with Gasteiger partial charge >= 0.3 is 0 Å². The fourth-order valence-electron chi connectivity index (χ4n) is 1.81. The first-order valence-corrected chi connectivity index (χ1v) is 7.66. The predicted octanol–water partition coefficient (Wildman–Crippen LogP) is 0.538. The van der Waals surface area contributed by atoms with E-state index in [2.05, 4.69) is 11.6 Å². The van der Waals surface area contributed by atoms with Gasteiger partial charge in [0, 0.05) is 19.6 Å². The Morgan fingerprint density at radius 1 is 1.47 bits per heavy atom. The average molecular weight is 263 g/mol. The summed E-state index contributed by atoms with van der Waals surface area (Å²) in [6.45, 7) is 8.10. The lowest BCUT2D eigenvalue weighted by Gasteiger charge is -2.31. The maximum absolute atomic E-state index is 12.1. The standard InChI is InChI=1S/C11H25N3O2S/c1-10-5-4-6-14(7-10)17(15,16)13-9-11(2,3)8-12/h10,13H,4-9,12H2,1-3H3. The van der Waals surface area contributed by atoms with Crippen LogP contribution in [0.4, 0.5) is 0 Å². The Bertz CT molecular complexity index is 341. The zero-order chi connectivity index (χ0) is 13.1. The highest BCUT2D eigenvalue weighted by atomic mass is 32.2. The highest BCUT2D eigenvalue weighted by Crippen LogP contribution is 2.18. The Labute approximate surface area is 105 Å².